The molecular formula is C25H20N2O5. The fraction of sp³-hybridized carbons (Fsp3) is 0.160. The number of ketones is 1. The summed E-state index contributed by atoms with van der Waals surface area (Å²) in [6, 6.07) is 13.2. The zero-order chi connectivity index (χ0) is 22.8. The molecule has 32 heavy (non-hydrogen) atoms. The molecule has 0 spiro atoms. The Labute approximate surface area is 184 Å². The number of aryl methyl sites for hydroxylation is 2. The van der Waals surface area contributed by atoms with Crippen LogP contribution in [-0.2, 0) is 11.3 Å². The van der Waals surface area contributed by atoms with Crippen molar-refractivity contribution in [3.63, 3.8) is 0 Å². The molecule has 0 aliphatic carbocycles. The molecule has 1 aromatic heterocycles. The Morgan fingerprint density at radius 1 is 0.969 bits per heavy atom. The average Bonchev–Trinajstić information content (AvgIpc) is 3.03. The molecule has 0 N–H and O–H groups in total. The maximum absolute atomic E-state index is 12.8. The largest absolute Gasteiger partial charge is 0.454 e. The molecule has 2 amide bonds. The predicted molar refractivity (Wildman–Crippen MR) is 115 cm³/mol. The van der Waals surface area contributed by atoms with Crippen LogP contribution in [0, 0.1) is 13.8 Å². The molecule has 7 heteroatoms. The molecule has 160 valence electrons. The molecule has 3 aromatic rings. The Morgan fingerprint density at radius 3 is 2.50 bits per heavy atom. The summed E-state index contributed by atoms with van der Waals surface area (Å²) in [4.78, 5) is 55.5. The topological polar surface area (TPSA) is 93.6 Å². The minimum absolute atomic E-state index is 0.0876. The van der Waals surface area contributed by atoms with E-state index in [1.807, 2.05) is 26.0 Å². The normalized spacial score (nSPS) is 12.6. The summed E-state index contributed by atoms with van der Waals surface area (Å²) >= 11 is 0. The molecule has 2 heterocycles. The third kappa shape index (κ3) is 4.05. The fourth-order valence-corrected chi connectivity index (χ4v) is 3.56. The van der Waals surface area contributed by atoms with Crippen molar-refractivity contribution in [1.82, 2.24) is 9.88 Å². The lowest BCUT2D eigenvalue weighted by molar-refractivity contribution is 0.0474. The highest BCUT2D eigenvalue weighted by Crippen LogP contribution is 2.26. The summed E-state index contributed by atoms with van der Waals surface area (Å²) in [5, 5.41) is 0. The molecule has 0 radical (unpaired) electrons. The van der Waals surface area contributed by atoms with Gasteiger partial charge in [-0.2, -0.15) is 0 Å². The van der Waals surface area contributed by atoms with Gasteiger partial charge in [0.2, 0.25) is 5.78 Å². The Balaban J connectivity index is 1.47. The van der Waals surface area contributed by atoms with Crippen LogP contribution in [0.2, 0.25) is 0 Å². The highest BCUT2D eigenvalue weighted by molar-refractivity contribution is 6.21. The lowest BCUT2D eigenvalue weighted by atomic mass is 10.0. The number of Topliss-reactive ketones (excluding diaryl/α,β-unsaturated/α-hetero) is 1. The van der Waals surface area contributed by atoms with E-state index in [1.54, 1.807) is 30.6 Å². The molecule has 1 aliphatic rings. The highest BCUT2D eigenvalue weighted by atomic mass is 16.5. The van der Waals surface area contributed by atoms with Gasteiger partial charge in [-0.1, -0.05) is 23.8 Å². The summed E-state index contributed by atoms with van der Waals surface area (Å²) in [6.07, 6.45) is 3.19. The molecule has 0 saturated heterocycles. The molecule has 0 bridgehead atoms. The minimum atomic E-state index is -0.739. The number of aromatic nitrogens is 1. The quantitative estimate of drug-likeness (QED) is 0.339. The van der Waals surface area contributed by atoms with Crippen molar-refractivity contribution in [3.05, 3.63) is 99.9 Å². The summed E-state index contributed by atoms with van der Waals surface area (Å²) in [6.45, 7) is 3.36. The number of amides is 2. The lowest BCUT2D eigenvalue weighted by Gasteiger charge is -2.13. The van der Waals surface area contributed by atoms with Crippen molar-refractivity contribution in [2.45, 2.75) is 20.4 Å². The first kappa shape index (κ1) is 21.1. The van der Waals surface area contributed by atoms with Crippen LogP contribution in [-0.4, -0.2) is 40.1 Å². The van der Waals surface area contributed by atoms with E-state index in [0.717, 1.165) is 16.0 Å². The number of hydrogen-bond acceptors (Lipinski definition) is 6. The number of pyridine rings is 1. The second kappa shape index (κ2) is 8.55. The molecule has 7 nitrogen and oxygen atoms in total. The first-order chi connectivity index (χ1) is 15.3. The fourth-order valence-electron chi connectivity index (χ4n) is 3.56. The van der Waals surface area contributed by atoms with Crippen LogP contribution in [0.1, 0.15) is 58.1 Å². The van der Waals surface area contributed by atoms with Gasteiger partial charge in [0.15, 0.2) is 6.61 Å². The first-order valence-corrected chi connectivity index (χ1v) is 10.0. The van der Waals surface area contributed by atoms with E-state index >= 15 is 0 Å². The SMILES string of the molecule is Cc1ccc(C)c(C(=O)COC(=O)c2ccc3c(c2)C(=O)N(Cc2cccnc2)C3=O)c1. The maximum Gasteiger partial charge on any atom is 0.338 e. The number of carbonyl (C=O) groups excluding carboxylic acids is 4. The number of esters is 1. The lowest BCUT2D eigenvalue weighted by Crippen LogP contribution is -2.29. The third-order valence-corrected chi connectivity index (χ3v) is 5.30. The first-order valence-electron chi connectivity index (χ1n) is 10.0. The molecule has 0 saturated carbocycles. The maximum atomic E-state index is 12.8. The zero-order valence-corrected chi connectivity index (χ0v) is 17.6. The van der Waals surface area contributed by atoms with Crippen LogP contribution in [0.15, 0.2) is 60.9 Å². The van der Waals surface area contributed by atoms with Crippen molar-refractivity contribution < 1.29 is 23.9 Å². The molecule has 0 atom stereocenters. The van der Waals surface area contributed by atoms with E-state index in [-0.39, 0.29) is 29.0 Å². The summed E-state index contributed by atoms with van der Waals surface area (Å²) in [5.74, 6) is -1.97. The van der Waals surface area contributed by atoms with E-state index in [0.29, 0.717) is 11.1 Å². The molecule has 0 unspecified atom stereocenters. The van der Waals surface area contributed by atoms with Crippen molar-refractivity contribution in [1.29, 1.82) is 0 Å². The average molecular weight is 428 g/mol. The molecule has 4 rings (SSSR count). The van der Waals surface area contributed by atoms with Crippen LogP contribution < -0.4 is 0 Å². The number of rotatable bonds is 6. The summed E-state index contributed by atoms with van der Waals surface area (Å²) < 4.78 is 5.18. The summed E-state index contributed by atoms with van der Waals surface area (Å²) in [5.41, 5.74) is 3.40. The molecular weight excluding hydrogens is 408 g/mol. The second-order valence-corrected chi connectivity index (χ2v) is 7.64. The van der Waals surface area contributed by atoms with Crippen molar-refractivity contribution in [2.24, 2.45) is 0 Å². The number of ether oxygens (including phenoxy) is 1. The minimum Gasteiger partial charge on any atom is -0.454 e. The van der Waals surface area contributed by atoms with E-state index in [1.165, 1.54) is 18.2 Å². The second-order valence-electron chi connectivity index (χ2n) is 7.64. The van der Waals surface area contributed by atoms with Gasteiger partial charge in [-0.25, -0.2) is 4.79 Å². The molecule has 2 aromatic carbocycles. The van der Waals surface area contributed by atoms with Crippen LogP contribution in [0.25, 0.3) is 0 Å². The Hall–Kier alpha value is -4.13. The van der Waals surface area contributed by atoms with E-state index in [2.05, 4.69) is 4.98 Å². The zero-order valence-electron chi connectivity index (χ0n) is 17.6. The number of carbonyl (C=O) groups is 4. The number of fused-ring (bicyclic) bond motifs is 1. The van der Waals surface area contributed by atoms with Crippen LogP contribution in [0.5, 0.6) is 0 Å². The van der Waals surface area contributed by atoms with Gasteiger partial charge < -0.3 is 4.74 Å². The van der Waals surface area contributed by atoms with E-state index in [4.69, 9.17) is 4.74 Å². The van der Waals surface area contributed by atoms with Crippen molar-refractivity contribution in [3.8, 4) is 0 Å². The van der Waals surface area contributed by atoms with Gasteiger partial charge in [0.05, 0.1) is 23.2 Å². The Bertz CT molecular complexity index is 1250. The van der Waals surface area contributed by atoms with Gasteiger partial charge in [0, 0.05) is 18.0 Å². The van der Waals surface area contributed by atoms with Gasteiger partial charge in [-0.3, -0.25) is 24.3 Å². The van der Waals surface area contributed by atoms with E-state index in [9.17, 15) is 19.2 Å². The number of hydrogen-bond donors (Lipinski definition) is 0. The standard InChI is InChI=1S/C25H20N2O5/c1-15-5-6-16(2)20(10-15)22(28)14-32-25(31)18-7-8-19-21(11-18)24(30)27(23(19)29)13-17-4-3-9-26-12-17/h3-12H,13-14H2,1-2H3. The number of benzene rings is 2. The smallest absolute Gasteiger partial charge is 0.338 e. The molecule has 1 aliphatic heterocycles. The van der Waals surface area contributed by atoms with Crippen molar-refractivity contribution >= 4 is 23.6 Å². The van der Waals surface area contributed by atoms with E-state index < -0.39 is 24.4 Å². The highest BCUT2D eigenvalue weighted by Gasteiger charge is 2.36. The van der Waals surface area contributed by atoms with Crippen LogP contribution in [0.3, 0.4) is 0 Å². The van der Waals surface area contributed by atoms with Crippen LogP contribution in [0.4, 0.5) is 0 Å². The Kier molecular flexibility index (Phi) is 5.64. The van der Waals surface area contributed by atoms with Gasteiger partial charge in [-0.15, -0.1) is 0 Å². The number of nitrogens with zero attached hydrogens (tertiary/aromatic N) is 2. The third-order valence-electron chi connectivity index (χ3n) is 5.30. The van der Waals surface area contributed by atoms with Crippen LogP contribution >= 0.6 is 0 Å². The monoisotopic (exact) mass is 428 g/mol. The molecule has 0 fully saturated rings. The predicted octanol–water partition coefficient (Wildman–Crippen LogP) is 3.53. The van der Waals surface area contributed by atoms with Gasteiger partial charge >= 0.3 is 5.97 Å². The van der Waals surface area contributed by atoms with Crippen molar-refractivity contribution in [2.75, 3.05) is 6.61 Å². The van der Waals surface area contributed by atoms with Gasteiger partial charge in [-0.05, 0) is 55.3 Å². The summed E-state index contributed by atoms with van der Waals surface area (Å²) in [7, 11) is 0. The Morgan fingerprint density at radius 2 is 1.75 bits per heavy atom. The van der Waals surface area contributed by atoms with Gasteiger partial charge in [0.25, 0.3) is 11.8 Å². The van der Waals surface area contributed by atoms with Gasteiger partial charge in [0.1, 0.15) is 0 Å². The number of imide groups is 1.